The minimum atomic E-state index is -4.67. The first-order valence-corrected chi connectivity index (χ1v) is 12.8. The van der Waals surface area contributed by atoms with Crippen LogP contribution in [0.5, 0.6) is 0 Å². The Morgan fingerprint density at radius 3 is 2.08 bits per heavy atom. The Morgan fingerprint density at radius 1 is 0.895 bits per heavy atom. The summed E-state index contributed by atoms with van der Waals surface area (Å²) in [4.78, 5) is 18.5. The van der Waals surface area contributed by atoms with Crippen LogP contribution < -0.4 is 10.0 Å². The summed E-state index contributed by atoms with van der Waals surface area (Å²) in [5, 5.41) is 16.8. The molecule has 1 amide bonds. The van der Waals surface area contributed by atoms with E-state index < -0.39 is 33.3 Å². The molecule has 7 nitrogen and oxygen atoms in total. The fourth-order valence-electron chi connectivity index (χ4n) is 4.51. The van der Waals surface area contributed by atoms with Gasteiger partial charge in [0.2, 0.25) is 10.0 Å². The molecule has 1 aliphatic heterocycles. The minimum absolute atomic E-state index is 0.00792. The zero-order chi connectivity index (χ0) is 27.3. The van der Waals surface area contributed by atoms with Crippen LogP contribution in [0.4, 0.5) is 18.9 Å². The molecule has 3 N–H and O–H groups in total. The Labute approximate surface area is 216 Å². The molecule has 1 aliphatic rings. The number of nitrogens with two attached hydrogens (primary N) is 1. The monoisotopic (exact) mass is 539 g/mol. The molecule has 4 aromatic rings. The van der Waals surface area contributed by atoms with Gasteiger partial charge >= 0.3 is 6.18 Å². The molecule has 194 valence electrons. The fraction of sp³-hybridized carbons (Fsp3) is 0.111. The quantitative estimate of drug-likeness (QED) is 0.395. The first-order chi connectivity index (χ1) is 17.9. The molecular formula is C27H20F3N3O4S. The van der Waals surface area contributed by atoms with Crippen LogP contribution >= 0.6 is 0 Å². The maximum absolute atomic E-state index is 13.7. The molecule has 0 saturated heterocycles. The smallest absolute Gasteiger partial charge is 0.372 e. The van der Waals surface area contributed by atoms with E-state index in [9.17, 15) is 31.5 Å². The van der Waals surface area contributed by atoms with Gasteiger partial charge in [0, 0.05) is 18.0 Å². The van der Waals surface area contributed by atoms with Crippen molar-refractivity contribution < 1.29 is 31.5 Å². The molecule has 11 heteroatoms. The Hall–Kier alpha value is -4.06. The Morgan fingerprint density at radius 2 is 1.50 bits per heavy atom. The lowest BCUT2D eigenvalue weighted by atomic mass is 9.87. The number of hydrogen-bond acceptors (Lipinski definition) is 5. The largest absolute Gasteiger partial charge is 0.416 e. The SMILES string of the molecule is NS(=O)(=O)c1ccc(C2(O)C(=O)N(Cc3ccc(-c4ccncc4)cc3)c3cc(C(F)(F)F)ccc32)cc1. The third-order valence-corrected chi connectivity index (χ3v) is 7.40. The second kappa shape index (κ2) is 9.05. The molecule has 1 aromatic heterocycles. The molecule has 0 spiro atoms. The van der Waals surface area contributed by atoms with Gasteiger partial charge in [0.05, 0.1) is 22.7 Å². The number of nitrogens with zero attached hydrogens (tertiary/aromatic N) is 2. The number of fused-ring (bicyclic) bond motifs is 1. The Kier molecular flexibility index (Phi) is 6.09. The van der Waals surface area contributed by atoms with Crippen molar-refractivity contribution in [2.45, 2.75) is 23.2 Å². The summed E-state index contributed by atoms with van der Waals surface area (Å²) in [6.45, 7) is -0.110. The first kappa shape index (κ1) is 25.6. The highest BCUT2D eigenvalue weighted by Gasteiger charge is 2.52. The van der Waals surface area contributed by atoms with E-state index in [-0.39, 0.29) is 28.3 Å². The minimum Gasteiger partial charge on any atom is -0.372 e. The molecule has 0 fully saturated rings. The summed E-state index contributed by atoms with van der Waals surface area (Å²) in [5.41, 5.74) is -1.05. The number of hydrogen-bond donors (Lipinski definition) is 2. The van der Waals surface area contributed by atoms with Crippen LogP contribution in [0.3, 0.4) is 0 Å². The van der Waals surface area contributed by atoms with Crippen LogP contribution in [0.2, 0.25) is 0 Å². The molecule has 1 unspecified atom stereocenters. The lowest BCUT2D eigenvalue weighted by Gasteiger charge is -2.24. The van der Waals surface area contributed by atoms with Gasteiger partial charge in [-0.2, -0.15) is 13.2 Å². The lowest BCUT2D eigenvalue weighted by molar-refractivity contribution is -0.137. The summed E-state index contributed by atoms with van der Waals surface area (Å²) >= 11 is 0. The fourth-order valence-corrected chi connectivity index (χ4v) is 5.02. The molecule has 0 saturated carbocycles. The number of alkyl halides is 3. The molecule has 5 rings (SSSR count). The van der Waals surface area contributed by atoms with E-state index in [4.69, 9.17) is 5.14 Å². The molecule has 2 heterocycles. The van der Waals surface area contributed by atoms with Crippen LogP contribution in [0, 0.1) is 0 Å². The zero-order valence-corrected chi connectivity index (χ0v) is 20.4. The van der Waals surface area contributed by atoms with Crippen molar-refractivity contribution in [3.63, 3.8) is 0 Å². The number of primary sulfonamides is 1. The Balaban J connectivity index is 1.56. The number of rotatable bonds is 5. The predicted octanol–water partition coefficient (Wildman–Crippen LogP) is 4.20. The number of aliphatic hydroxyl groups is 1. The highest BCUT2D eigenvalue weighted by molar-refractivity contribution is 7.89. The summed E-state index contributed by atoms with van der Waals surface area (Å²) in [5.74, 6) is -0.867. The average molecular weight is 540 g/mol. The van der Waals surface area contributed by atoms with Gasteiger partial charge in [0.15, 0.2) is 5.60 Å². The van der Waals surface area contributed by atoms with E-state index in [0.717, 1.165) is 46.4 Å². The highest BCUT2D eigenvalue weighted by Crippen LogP contribution is 2.47. The maximum atomic E-state index is 13.7. The van der Waals surface area contributed by atoms with Crippen molar-refractivity contribution in [1.82, 2.24) is 4.98 Å². The zero-order valence-electron chi connectivity index (χ0n) is 19.6. The summed E-state index contributed by atoms with van der Waals surface area (Å²) in [6, 6.07) is 18.1. The normalized spacial score (nSPS) is 17.5. The average Bonchev–Trinajstić information content (AvgIpc) is 3.11. The van der Waals surface area contributed by atoms with Crippen molar-refractivity contribution in [2.75, 3.05) is 4.90 Å². The van der Waals surface area contributed by atoms with Gasteiger partial charge in [-0.25, -0.2) is 13.6 Å². The van der Waals surface area contributed by atoms with Gasteiger partial charge in [-0.15, -0.1) is 0 Å². The van der Waals surface area contributed by atoms with Crippen LogP contribution in [-0.4, -0.2) is 24.4 Å². The van der Waals surface area contributed by atoms with E-state index in [1.54, 1.807) is 24.5 Å². The summed E-state index contributed by atoms with van der Waals surface area (Å²) in [6.07, 6.45) is -1.37. The van der Waals surface area contributed by atoms with Gasteiger partial charge in [0.1, 0.15) is 0 Å². The van der Waals surface area contributed by atoms with Crippen molar-refractivity contribution >= 4 is 21.6 Å². The van der Waals surface area contributed by atoms with Crippen molar-refractivity contribution in [3.05, 3.63) is 114 Å². The van der Waals surface area contributed by atoms with Crippen LogP contribution in [0.15, 0.2) is 96.2 Å². The molecule has 0 radical (unpaired) electrons. The van der Waals surface area contributed by atoms with Crippen molar-refractivity contribution in [2.24, 2.45) is 5.14 Å². The predicted molar refractivity (Wildman–Crippen MR) is 133 cm³/mol. The number of halogens is 3. The number of carbonyl (C=O) groups excluding carboxylic acids is 1. The second-order valence-electron chi connectivity index (χ2n) is 8.83. The van der Waals surface area contributed by atoms with E-state index in [2.05, 4.69) is 4.98 Å². The van der Waals surface area contributed by atoms with Gasteiger partial charge in [-0.1, -0.05) is 42.5 Å². The number of amides is 1. The number of pyridine rings is 1. The van der Waals surface area contributed by atoms with E-state index in [1.165, 1.54) is 12.1 Å². The Bertz CT molecular complexity index is 1630. The number of carbonyl (C=O) groups is 1. The lowest BCUT2D eigenvalue weighted by Crippen LogP contribution is -2.40. The molecule has 1 atom stereocenters. The van der Waals surface area contributed by atoms with Crippen LogP contribution in [0.25, 0.3) is 11.1 Å². The van der Waals surface area contributed by atoms with Crippen LogP contribution in [0.1, 0.15) is 22.3 Å². The molecule has 3 aromatic carbocycles. The number of sulfonamides is 1. The third kappa shape index (κ3) is 4.44. The van der Waals surface area contributed by atoms with Gasteiger partial charge < -0.3 is 10.0 Å². The van der Waals surface area contributed by atoms with Crippen molar-refractivity contribution in [1.29, 1.82) is 0 Å². The number of aromatic nitrogens is 1. The van der Waals surface area contributed by atoms with Crippen LogP contribution in [-0.2, 0) is 33.1 Å². The summed E-state index contributed by atoms with van der Waals surface area (Å²) in [7, 11) is -4.04. The second-order valence-corrected chi connectivity index (χ2v) is 10.4. The third-order valence-electron chi connectivity index (χ3n) is 6.47. The van der Waals surface area contributed by atoms with E-state index in [1.807, 2.05) is 24.3 Å². The van der Waals surface area contributed by atoms with Gasteiger partial charge in [0.25, 0.3) is 5.91 Å². The van der Waals surface area contributed by atoms with E-state index in [0.29, 0.717) is 5.56 Å². The molecular weight excluding hydrogens is 519 g/mol. The molecule has 0 bridgehead atoms. The topological polar surface area (TPSA) is 114 Å². The first-order valence-electron chi connectivity index (χ1n) is 11.3. The highest BCUT2D eigenvalue weighted by atomic mass is 32.2. The van der Waals surface area contributed by atoms with Crippen molar-refractivity contribution in [3.8, 4) is 11.1 Å². The standard InChI is InChI=1S/C27H20F3N3O4S/c28-27(29,30)21-7-10-23-24(15-21)33(16-17-1-3-18(4-2-17)19-11-13-32-14-12-19)25(34)26(23,35)20-5-8-22(9-6-20)38(31,36)37/h1-15,35H,16H2,(H2,31,36,37). The number of anilines is 1. The van der Waals surface area contributed by atoms with Gasteiger partial charge in [-0.3, -0.25) is 9.78 Å². The van der Waals surface area contributed by atoms with Gasteiger partial charge in [-0.05, 0) is 58.7 Å². The number of benzene rings is 3. The summed E-state index contributed by atoms with van der Waals surface area (Å²) < 4.78 is 63.9. The van der Waals surface area contributed by atoms with E-state index >= 15 is 0 Å². The maximum Gasteiger partial charge on any atom is 0.416 e. The molecule has 38 heavy (non-hydrogen) atoms. The molecule has 0 aliphatic carbocycles.